The van der Waals surface area contributed by atoms with Crippen LogP contribution >= 0.6 is 0 Å². The highest BCUT2D eigenvalue weighted by Gasteiger charge is 2.32. The summed E-state index contributed by atoms with van der Waals surface area (Å²) >= 11 is 0. The third kappa shape index (κ3) is 3.77. The molecule has 3 rings (SSSR count). The second-order valence-electron chi connectivity index (χ2n) is 6.74. The van der Waals surface area contributed by atoms with Crippen LogP contribution in [-0.4, -0.2) is 53.1 Å². The standard InChI is InChI=1S/C19H25N5O2/c1-12-4-5-13(2)15(8-12)18-14(10-22-23-18)11-24-7-6-21-19(26)16(24)9-17(25)20-3/h4-5,8,10,16H,6-7,9,11H2,1-3H3,(H,20,25)(H,21,26)(H,22,23)/t16-/m1/s1. The molecule has 1 aromatic heterocycles. The number of hydrogen-bond donors (Lipinski definition) is 3. The van der Waals surface area contributed by atoms with E-state index < -0.39 is 6.04 Å². The Hall–Kier alpha value is -2.67. The van der Waals surface area contributed by atoms with Crippen LogP contribution in [0.2, 0.25) is 0 Å². The Morgan fingerprint density at radius 1 is 1.38 bits per heavy atom. The summed E-state index contributed by atoms with van der Waals surface area (Å²) in [5.41, 5.74) is 5.45. The monoisotopic (exact) mass is 355 g/mol. The van der Waals surface area contributed by atoms with E-state index in [1.165, 1.54) is 11.1 Å². The molecule has 2 heterocycles. The molecule has 26 heavy (non-hydrogen) atoms. The van der Waals surface area contributed by atoms with Crippen molar-refractivity contribution in [2.24, 2.45) is 0 Å². The predicted octanol–water partition coefficient (Wildman–Crippen LogP) is 1.13. The van der Waals surface area contributed by atoms with E-state index in [1.54, 1.807) is 13.2 Å². The summed E-state index contributed by atoms with van der Waals surface area (Å²) in [7, 11) is 1.59. The first-order chi connectivity index (χ1) is 12.5. The lowest BCUT2D eigenvalue weighted by molar-refractivity contribution is -0.134. The Labute approximate surface area is 153 Å². The molecule has 0 radical (unpaired) electrons. The maximum Gasteiger partial charge on any atom is 0.237 e. The summed E-state index contributed by atoms with van der Waals surface area (Å²) in [4.78, 5) is 26.1. The summed E-state index contributed by atoms with van der Waals surface area (Å²) in [5, 5.41) is 12.8. The van der Waals surface area contributed by atoms with Gasteiger partial charge in [-0.25, -0.2) is 0 Å². The van der Waals surface area contributed by atoms with E-state index in [-0.39, 0.29) is 18.2 Å². The Kier molecular flexibility index (Phi) is 5.37. The summed E-state index contributed by atoms with van der Waals surface area (Å²) < 4.78 is 0. The van der Waals surface area contributed by atoms with Gasteiger partial charge >= 0.3 is 0 Å². The number of nitrogens with zero attached hydrogens (tertiary/aromatic N) is 2. The lowest BCUT2D eigenvalue weighted by atomic mass is 9.99. The summed E-state index contributed by atoms with van der Waals surface area (Å²) in [5.74, 6) is -0.240. The zero-order valence-electron chi connectivity index (χ0n) is 15.4. The van der Waals surface area contributed by atoms with Crippen LogP contribution in [0.15, 0.2) is 24.4 Å². The van der Waals surface area contributed by atoms with Gasteiger partial charge in [0.15, 0.2) is 0 Å². The summed E-state index contributed by atoms with van der Waals surface area (Å²) in [6.07, 6.45) is 1.96. The van der Waals surface area contributed by atoms with Crippen molar-refractivity contribution in [3.8, 4) is 11.3 Å². The number of carbonyl (C=O) groups excluding carboxylic acids is 2. The zero-order chi connectivity index (χ0) is 18.7. The molecule has 138 valence electrons. The van der Waals surface area contributed by atoms with Crippen molar-refractivity contribution in [2.45, 2.75) is 32.9 Å². The first-order valence-corrected chi connectivity index (χ1v) is 8.82. The molecule has 1 aliphatic heterocycles. The van der Waals surface area contributed by atoms with Crippen molar-refractivity contribution in [3.63, 3.8) is 0 Å². The lowest BCUT2D eigenvalue weighted by Gasteiger charge is -2.34. The number of amides is 2. The molecular weight excluding hydrogens is 330 g/mol. The zero-order valence-corrected chi connectivity index (χ0v) is 15.4. The van der Waals surface area contributed by atoms with Crippen LogP contribution in [0.25, 0.3) is 11.3 Å². The fraction of sp³-hybridized carbons (Fsp3) is 0.421. The number of nitrogens with one attached hydrogen (secondary N) is 3. The molecule has 1 atom stereocenters. The van der Waals surface area contributed by atoms with E-state index in [0.717, 1.165) is 16.8 Å². The molecule has 0 saturated carbocycles. The Balaban J connectivity index is 1.86. The minimum absolute atomic E-state index is 0.100. The van der Waals surface area contributed by atoms with Crippen molar-refractivity contribution in [1.29, 1.82) is 0 Å². The predicted molar refractivity (Wildman–Crippen MR) is 99.4 cm³/mol. The Bertz CT molecular complexity index is 814. The molecule has 7 heteroatoms. The fourth-order valence-corrected chi connectivity index (χ4v) is 3.34. The highest BCUT2D eigenvalue weighted by molar-refractivity contribution is 5.88. The van der Waals surface area contributed by atoms with E-state index in [4.69, 9.17) is 0 Å². The van der Waals surface area contributed by atoms with Gasteiger partial charge in [0.05, 0.1) is 24.4 Å². The van der Waals surface area contributed by atoms with Crippen molar-refractivity contribution < 1.29 is 9.59 Å². The number of rotatable bonds is 5. The topological polar surface area (TPSA) is 90.1 Å². The molecule has 0 spiro atoms. The second kappa shape index (κ2) is 7.70. The highest BCUT2D eigenvalue weighted by Crippen LogP contribution is 2.27. The first-order valence-electron chi connectivity index (χ1n) is 8.82. The maximum absolute atomic E-state index is 12.3. The van der Waals surface area contributed by atoms with E-state index >= 15 is 0 Å². The van der Waals surface area contributed by atoms with Gasteiger partial charge < -0.3 is 10.6 Å². The number of aromatic amines is 1. The van der Waals surface area contributed by atoms with Gasteiger partial charge in [-0.05, 0) is 25.5 Å². The van der Waals surface area contributed by atoms with Gasteiger partial charge in [-0.3, -0.25) is 19.6 Å². The molecular formula is C19H25N5O2. The van der Waals surface area contributed by atoms with Crippen LogP contribution < -0.4 is 10.6 Å². The van der Waals surface area contributed by atoms with Crippen LogP contribution in [-0.2, 0) is 16.1 Å². The smallest absolute Gasteiger partial charge is 0.237 e. The average Bonchev–Trinajstić information content (AvgIpc) is 3.07. The lowest BCUT2D eigenvalue weighted by Crippen LogP contribution is -2.56. The molecule has 2 amide bonds. The normalized spacial score (nSPS) is 17.8. The molecule has 7 nitrogen and oxygen atoms in total. The van der Waals surface area contributed by atoms with Crippen molar-refractivity contribution in [2.75, 3.05) is 20.1 Å². The van der Waals surface area contributed by atoms with Gasteiger partial charge in [-0.2, -0.15) is 5.10 Å². The number of aryl methyl sites for hydroxylation is 2. The molecule has 1 aliphatic rings. The first kappa shape index (κ1) is 18.1. The second-order valence-corrected chi connectivity index (χ2v) is 6.74. The molecule has 3 N–H and O–H groups in total. The Morgan fingerprint density at radius 2 is 2.19 bits per heavy atom. The SMILES string of the molecule is CNC(=O)C[C@@H]1C(=O)NCCN1Cc1cn[nH]c1-c1cc(C)ccc1C. The quantitative estimate of drug-likeness (QED) is 0.750. The fourth-order valence-electron chi connectivity index (χ4n) is 3.34. The van der Waals surface area contributed by atoms with Crippen LogP contribution in [0.5, 0.6) is 0 Å². The van der Waals surface area contributed by atoms with Crippen molar-refractivity contribution in [3.05, 3.63) is 41.1 Å². The van der Waals surface area contributed by atoms with E-state index in [0.29, 0.717) is 19.6 Å². The maximum atomic E-state index is 12.3. The highest BCUT2D eigenvalue weighted by atomic mass is 16.2. The number of aromatic nitrogens is 2. The minimum atomic E-state index is -0.468. The van der Waals surface area contributed by atoms with Crippen molar-refractivity contribution >= 4 is 11.8 Å². The molecule has 0 aliphatic carbocycles. The molecule has 2 aromatic rings. The van der Waals surface area contributed by atoms with Crippen LogP contribution in [0.3, 0.4) is 0 Å². The van der Waals surface area contributed by atoms with E-state index in [2.05, 4.69) is 52.9 Å². The Morgan fingerprint density at radius 3 is 2.96 bits per heavy atom. The van der Waals surface area contributed by atoms with Gasteiger partial charge in [-0.15, -0.1) is 0 Å². The number of carbonyl (C=O) groups is 2. The van der Waals surface area contributed by atoms with E-state index in [9.17, 15) is 9.59 Å². The van der Waals surface area contributed by atoms with Gasteiger partial charge in [-0.1, -0.05) is 17.7 Å². The average molecular weight is 355 g/mol. The number of benzene rings is 1. The summed E-state index contributed by atoms with van der Waals surface area (Å²) in [6.45, 7) is 5.98. The largest absolute Gasteiger partial charge is 0.359 e. The van der Waals surface area contributed by atoms with Gasteiger partial charge in [0.2, 0.25) is 11.8 Å². The minimum Gasteiger partial charge on any atom is -0.359 e. The van der Waals surface area contributed by atoms with Crippen LogP contribution in [0, 0.1) is 13.8 Å². The molecule has 0 unspecified atom stereocenters. The van der Waals surface area contributed by atoms with Crippen LogP contribution in [0.1, 0.15) is 23.1 Å². The number of H-pyrrole nitrogens is 1. The summed E-state index contributed by atoms with van der Waals surface area (Å²) in [6, 6.07) is 5.85. The molecule has 1 aromatic carbocycles. The number of hydrogen-bond acceptors (Lipinski definition) is 4. The van der Waals surface area contributed by atoms with Gasteiger partial charge in [0, 0.05) is 37.8 Å². The van der Waals surface area contributed by atoms with Crippen molar-refractivity contribution in [1.82, 2.24) is 25.7 Å². The third-order valence-corrected chi connectivity index (χ3v) is 4.85. The third-order valence-electron chi connectivity index (χ3n) is 4.85. The van der Waals surface area contributed by atoms with E-state index in [1.807, 2.05) is 4.90 Å². The molecule has 1 saturated heterocycles. The van der Waals surface area contributed by atoms with Crippen LogP contribution in [0.4, 0.5) is 0 Å². The van der Waals surface area contributed by atoms with Gasteiger partial charge in [0.1, 0.15) is 0 Å². The molecule has 1 fully saturated rings. The number of piperazine rings is 1. The van der Waals surface area contributed by atoms with Gasteiger partial charge in [0.25, 0.3) is 0 Å². The molecule has 0 bridgehead atoms.